The average Bonchev–Trinajstić information content (AvgIpc) is 2.39. The molecule has 0 bridgehead atoms. The fourth-order valence-corrected chi connectivity index (χ4v) is 1.51. The van der Waals surface area contributed by atoms with Crippen LogP contribution in [0.5, 0.6) is 0 Å². The quantitative estimate of drug-likeness (QED) is 0.527. The Bertz CT molecular complexity index is 465. The van der Waals surface area contributed by atoms with Crippen LogP contribution in [-0.4, -0.2) is 29.7 Å². The maximum atomic E-state index is 11.5. The molecule has 0 unspecified atom stereocenters. The Labute approximate surface area is 112 Å². The molecule has 1 atom stereocenters. The zero-order chi connectivity index (χ0) is 14.1. The van der Waals surface area contributed by atoms with Gasteiger partial charge in [0, 0.05) is 19.4 Å². The van der Waals surface area contributed by atoms with E-state index in [1.165, 1.54) is 0 Å². The van der Waals surface area contributed by atoms with Crippen LogP contribution >= 0.6 is 0 Å². The van der Waals surface area contributed by atoms with Gasteiger partial charge in [0.2, 0.25) is 0 Å². The van der Waals surface area contributed by atoms with E-state index < -0.39 is 18.0 Å². The third-order valence-corrected chi connectivity index (χ3v) is 2.44. The maximum absolute atomic E-state index is 11.5. The summed E-state index contributed by atoms with van der Waals surface area (Å²) in [7, 11) is 0. The smallest absolute Gasteiger partial charge is 0.326 e. The molecule has 5 heteroatoms. The van der Waals surface area contributed by atoms with Gasteiger partial charge in [-0.3, -0.25) is 0 Å². The van der Waals surface area contributed by atoms with Gasteiger partial charge >= 0.3 is 12.0 Å². The van der Waals surface area contributed by atoms with E-state index in [-0.39, 0.29) is 6.42 Å². The van der Waals surface area contributed by atoms with Gasteiger partial charge in [0.25, 0.3) is 0 Å². The summed E-state index contributed by atoms with van der Waals surface area (Å²) in [6.45, 7) is 0.319. The number of benzene rings is 1. The number of carbonyl (C=O) groups excluding carboxylic acids is 1. The molecule has 0 saturated carbocycles. The van der Waals surface area contributed by atoms with Crippen molar-refractivity contribution < 1.29 is 14.7 Å². The van der Waals surface area contributed by atoms with Gasteiger partial charge in [-0.2, -0.15) is 0 Å². The van der Waals surface area contributed by atoms with Crippen molar-refractivity contribution >= 4 is 12.0 Å². The van der Waals surface area contributed by atoms with E-state index in [9.17, 15) is 9.59 Å². The lowest BCUT2D eigenvalue weighted by atomic mass is 10.1. The Hall–Kier alpha value is -2.48. The highest BCUT2D eigenvalue weighted by Crippen LogP contribution is 2.03. The molecule has 0 radical (unpaired) electrons. The minimum atomic E-state index is -1.07. The number of carboxylic acid groups (broad SMARTS) is 1. The minimum absolute atomic E-state index is 0.235. The van der Waals surface area contributed by atoms with E-state index in [1.807, 2.05) is 30.3 Å². The maximum Gasteiger partial charge on any atom is 0.326 e. The summed E-state index contributed by atoms with van der Waals surface area (Å²) < 4.78 is 0. The number of hydrogen-bond acceptors (Lipinski definition) is 2. The van der Waals surface area contributed by atoms with Gasteiger partial charge in [0.1, 0.15) is 6.04 Å². The molecule has 0 saturated heterocycles. The average molecular weight is 260 g/mol. The van der Waals surface area contributed by atoms with Crippen LogP contribution in [0, 0.1) is 12.3 Å². The summed E-state index contributed by atoms with van der Waals surface area (Å²) in [6, 6.07) is 7.62. The highest BCUT2D eigenvalue weighted by atomic mass is 16.4. The summed E-state index contributed by atoms with van der Waals surface area (Å²) in [5.41, 5.74) is 0.846. The molecule has 100 valence electrons. The van der Waals surface area contributed by atoms with Crippen LogP contribution in [0.3, 0.4) is 0 Å². The van der Waals surface area contributed by atoms with Gasteiger partial charge in [0.05, 0.1) is 0 Å². The van der Waals surface area contributed by atoms with Crippen molar-refractivity contribution in [1.82, 2.24) is 10.6 Å². The first-order chi connectivity index (χ1) is 9.13. The molecule has 0 fully saturated rings. The molecule has 1 aromatic carbocycles. The second-order valence-corrected chi connectivity index (χ2v) is 3.93. The first kappa shape index (κ1) is 14.6. The van der Waals surface area contributed by atoms with Crippen molar-refractivity contribution in [3.8, 4) is 12.3 Å². The van der Waals surface area contributed by atoms with Crippen molar-refractivity contribution in [2.45, 2.75) is 18.9 Å². The molecule has 0 aromatic heterocycles. The van der Waals surface area contributed by atoms with Crippen molar-refractivity contribution in [1.29, 1.82) is 0 Å². The number of rotatable bonds is 6. The molecule has 0 spiro atoms. The number of carbonyl (C=O) groups is 2. The molecule has 2 amide bonds. The van der Waals surface area contributed by atoms with Crippen LogP contribution in [0.25, 0.3) is 0 Å². The van der Waals surface area contributed by atoms with Gasteiger partial charge < -0.3 is 15.7 Å². The fourth-order valence-electron chi connectivity index (χ4n) is 1.51. The monoisotopic (exact) mass is 260 g/mol. The van der Waals surface area contributed by atoms with Crippen LogP contribution in [0.2, 0.25) is 0 Å². The molecule has 0 heterocycles. The lowest BCUT2D eigenvalue weighted by Crippen LogP contribution is -2.47. The van der Waals surface area contributed by atoms with Crippen LogP contribution in [0.15, 0.2) is 30.3 Å². The van der Waals surface area contributed by atoms with Gasteiger partial charge in [-0.25, -0.2) is 9.59 Å². The van der Waals surface area contributed by atoms with Crippen LogP contribution in [0.4, 0.5) is 4.79 Å². The lowest BCUT2D eigenvalue weighted by molar-refractivity contribution is -0.139. The summed E-state index contributed by atoms with van der Waals surface area (Å²) in [5.74, 6) is 1.31. The van der Waals surface area contributed by atoms with E-state index in [0.717, 1.165) is 5.56 Å². The molecule has 1 rings (SSSR count). The Morgan fingerprint density at radius 3 is 2.58 bits per heavy atom. The first-order valence-corrected chi connectivity index (χ1v) is 5.88. The van der Waals surface area contributed by atoms with Crippen molar-refractivity contribution in [3.05, 3.63) is 35.9 Å². The minimum Gasteiger partial charge on any atom is -0.480 e. The highest BCUT2D eigenvalue weighted by Gasteiger charge is 2.19. The lowest BCUT2D eigenvalue weighted by Gasteiger charge is -2.15. The van der Waals surface area contributed by atoms with Crippen molar-refractivity contribution in [2.75, 3.05) is 6.54 Å². The first-order valence-electron chi connectivity index (χ1n) is 5.88. The number of aliphatic carboxylic acids is 1. The number of urea groups is 1. The Morgan fingerprint density at radius 1 is 1.32 bits per heavy atom. The topological polar surface area (TPSA) is 78.4 Å². The predicted octanol–water partition coefficient (Wildman–Crippen LogP) is 1.00. The number of terminal acetylenes is 1. The molecular formula is C14H16N2O3. The van der Waals surface area contributed by atoms with Crippen LogP contribution < -0.4 is 10.6 Å². The summed E-state index contributed by atoms with van der Waals surface area (Å²) >= 11 is 0. The molecule has 0 aliphatic rings. The van der Waals surface area contributed by atoms with E-state index in [0.29, 0.717) is 13.0 Å². The third kappa shape index (κ3) is 5.59. The number of nitrogens with one attached hydrogen (secondary N) is 2. The zero-order valence-corrected chi connectivity index (χ0v) is 10.4. The highest BCUT2D eigenvalue weighted by molar-refractivity contribution is 5.82. The van der Waals surface area contributed by atoms with Gasteiger partial charge in [-0.05, 0) is 5.56 Å². The molecule has 0 aliphatic carbocycles. The Balaban J connectivity index is 2.52. The molecule has 3 N–H and O–H groups in total. The van der Waals surface area contributed by atoms with Crippen molar-refractivity contribution in [2.24, 2.45) is 0 Å². The number of amides is 2. The van der Waals surface area contributed by atoms with E-state index in [4.69, 9.17) is 11.5 Å². The second kappa shape index (κ2) is 7.77. The van der Waals surface area contributed by atoms with Gasteiger partial charge in [0.15, 0.2) is 0 Å². The van der Waals surface area contributed by atoms with Crippen LogP contribution in [-0.2, 0) is 11.2 Å². The Kier molecular flexibility index (Phi) is 5.96. The largest absolute Gasteiger partial charge is 0.480 e. The summed E-state index contributed by atoms with van der Waals surface area (Å²) in [4.78, 5) is 22.6. The van der Waals surface area contributed by atoms with Gasteiger partial charge in [-0.15, -0.1) is 12.3 Å². The fraction of sp³-hybridized carbons (Fsp3) is 0.286. The van der Waals surface area contributed by atoms with E-state index in [1.54, 1.807) is 0 Å². The van der Waals surface area contributed by atoms with Gasteiger partial charge in [-0.1, -0.05) is 30.3 Å². The predicted molar refractivity (Wildman–Crippen MR) is 71.6 cm³/mol. The standard InChI is InChI=1S/C14H16N2O3/c1-2-3-9-15-14(19)16-12(13(17)18)10-11-7-5-4-6-8-11/h1,4-8,12H,3,9-10H2,(H,17,18)(H2,15,16,19)/t12-/m0/s1. The molecule has 19 heavy (non-hydrogen) atoms. The molecule has 1 aromatic rings. The van der Waals surface area contributed by atoms with E-state index in [2.05, 4.69) is 16.6 Å². The molecular weight excluding hydrogens is 244 g/mol. The summed E-state index contributed by atoms with van der Waals surface area (Å²) in [5, 5.41) is 14.0. The normalized spacial score (nSPS) is 11.1. The van der Waals surface area contributed by atoms with Crippen molar-refractivity contribution in [3.63, 3.8) is 0 Å². The molecule has 5 nitrogen and oxygen atoms in total. The van der Waals surface area contributed by atoms with E-state index >= 15 is 0 Å². The zero-order valence-electron chi connectivity index (χ0n) is 10.4. The number of hydrogen-bond donors (Lipinski definition) is 3. The SMILES string of the molecule is C#CCCNC(=O)N[C@@H](Cc1ccccc1)C(=O)O. The summed E-state index contributed by atoms with van der Waals surface area (Å²) in [6.07, 6.45) is 5.69. The number of carboxylic acids is 1. The molecule has 0 aliphatic heterocycles. The van der Waals surface area contributed by atoms with Crippen LogP contribution in [0.1, 0.15) is 12.0 Å². The second-order valence-electron chi connectivity index (χ2n) is 3.93. The Morgan fingerprint density at radius 2 is 2.00 bits per heavy atom. The third-order valence-electron chi connectivity index (χ3n) is 2.44.